The number of pyridine rings is 2. The van der Waals surface area contributed by atoms with Gasteiger partial charge < -0.3 is 20.3 Å². The molecule has 3 heterocycles. The molecule has 1 amide bonds. The van der Waals surface area contributed by atoms with Gasteiger partial charge in [-0.25, -0.2) is 13.8 Å². The molecule has 0 saturated carbocycles. The van der Waals surface area contributed by atoms with E-state index in [4.69, 9.17) is 4.74 Å². The first-order chi connectivity index (χ1) is 17.7. The van der Waals surface area contributed by atoms with Crippen LogP contribution in [-0.4, -0.2) is 51.2 Å². The number of aliphatic hydroxyl groups excluding tert-OH is 1. The summed E-state index contributed by atoms with van der Waals surface area (Å²) in [6.07, 6.45) is 1.68. The molecule has 193 valence electrons. The van der Waals surface area contributed by atoms with Crippen LogP contribution >= 0.6 is 0 Å². The van der Waals surface area contributed by atoms with Gasteiger partial charge in [0.25, 0.3) is 5.91 Å². The zero-order valence-electron chi connectivity index (χ0n) is 20.9. The summed E-state index contributed by atoms with van der Waals surface area (Å²) in [5, 5.41) is 24.4. The predicted molar refractivity (Wildman–Crippen MR) is 137 cm³/mol. The van der Waals surface area contributed by atoms with Crippen molar-refractivity contribution in [2.24, 2.45) is 0 Å². The molecule has 0 aliphatic carbocycles. The van der Waals surface area contributed by atoms with Crippen molar-refractivity contribution in [2.75, 3.05) is 5.32 Å². The fourth-order valence-corrected chi connectivity index (χ4v) is 4.86. The van der Waals surface area contributed by atoms with Crippen molar-refractivity contribution in [1.29, 1.82) is 0 Å². The molecule has 7 nitrogen and oxygen atoms in total. The van der Waals surface area contributed by atoms with E-state index in [1.807, 2.05) is 6.92 Å². The van der Waals surface area contributed by atoms with Crippen molar-refractivity contribution in [3.8, 4) is 11.3 Å². The zero-order chi connectivity index (χ0) is 26.7. The molecule has 3 aromatic rings. The van der Waals surface area contributed by atoms with Gasteiger partial charge in [0.1, 0.15) is 35.9 Å². The summed E-state index contributed by atoms with van der Waals surface area (Å²) in [5.74, 6) is -2.06. The number of carbonyl (C=O) groups is 1. The zero-order valence-corrected chi connectivity index (χ0v) is 20.9. The number of aliphatic hydroxyl groups is 2. The number of nitrogens with zero attached hydrogens (tertiary/aromatic N) is 2. The van der Waals surface area contributed by atoms with Gasteiger partial charge in [-0.3, -0.25) is 9.78 Å². The number of amides is 1. The summed E-state index contributed by atoms with van der Waals surface area (Å²) < 4.78 is 35.5. The van der Waals surface area contributed by atoms with Gasteiger partial charge in [0, 0.05) is 23.7 Å². The van der Waals surface area contributed by atoms with Crippen LogP contribution in [0.25, 0.3) is 11.3 Å². The lowest BCUT2D eigenvalue weighted by Gasteiger charge is -2.46. The van der Waals surface area contributed by atoms with Crippen LogP contribution in [0.2, 0.25) is 6.82 Å². The summed E-state index contributed by atoms with van der Waals surface area (Å²) >= 11 is 0. The summed E-state index contributed by atoms with van der Waals surface area (Å²) in [4.78, 5) is 21.4. The lowest BCUT2D eigenvalue weighted by atomic mass is 9.70. The SMILES string of the molecule is C[B]c1cccc(F)c1-c1nc(C(=O)Nc2cnccc2C2CC(O)C(O)(CC)C(CC)O2)ccc1F. The predicted octanol–water partition coefficient (Wildman–Crippen LogP) is 3.79. The smallest absolute Gasteiger partial charge is 0.274 e. The Morgan fingerprint density at radius 3 is 2.70 bits per heavy atom. The van der Waals surface area contributed by atoms with E-state index in [1.54, 1.807) is 33.2 Å². The first-order valence-corrected chi connectivity index (χ1v) is 12.3. The molecule has 1 aromatic carbocycles. The van der Waals surface area contributed by atoms with E-state index >= 15 is 0 Å². The van der Waals surface area contributed by atoms with E-state index in [2.05, 4.69) is 15.3 Å². The summed E-state index contributed by atoms with van der Waals surface area (Å²) in [6, 6.07) is 8.32. The molecule has 10 heteroatoms. The van der Waals surface area contributed by atoms with Gasteiger partial charge >= 0.3 is 0 Å². The minimum absolute atomic E-state index is 0.0298. The van der Waals surface area contributed by atoms with Gasteiger partial charge in [-0.2, -0.15) is 0 Å². The minimum atomic E-state index is -1.36. The van der Waals surface area contributed by atoms with E-state index in [0.29, 0.717) is 29.6 Å². The minimum Gasteiger partial charge on any atom is -0.390 e. The van der Waals surface area contributed by atoms with Crippen molar-refractivity contribution in [2.45, 2.75) is 63.8 Å². The van der Waals surface area contributed by atoms with E-state index in [9.17, 15) is 23.8 Å². The van der Waals surface area contributed by atoms with Gasteiger partial charge in [-0.05, 0) is 37.1 Å². The van der Waals surface area contributed by atoms with Gasteiger partial charge in [-0.1, -0.05) is 38.3 Å². The second kappa shape index (κ2) is 11.0. The molecular weight excluding hydrogens is 479 g/mol. The van der Waals surface area contributed by atoms with Crippen LogP contribution in [0.5, 0.6) is 0 Å². The van der Waals surface area contributed by atoms with Crippen molar-refractivity contribution >= 4 is 24.3 Å². The largest absolute Gasteiger partial charge is 0.390 e. The number of ether oxygens (including phenoxy) is 1. The van der Waals surface area contributed by atoms with Crippen LogP contribution in [0.1, 0.15) is 55.3 Å². The van der Waals surface area contributed by atoms with Crippen LogP contribution in [-0.2, 0) is 4.74 Å². The number of aromatic nitrogens is 2. The van der Waals surface area contributed by atoms with Crippen LogP contribution in [0.3, 0.4) is 0 Å². The molecule has 1 saturated heterocycles. The number of carbonyl (C=O) groups excluding carboxylic acids is 1. The fourth-order valence-electron chi connectivity index (χ4n) is 4.86. The van der Waals surface area contributed by atoms with Crippen molar-refractivity contribution in [3.63, 3.8) is 0 Å². The maximum absolute atomic E-state index is 14.7. The van der Waals surface area contributed by atoms with Gasteiger partial charge in [-0.15, -0.1) is 0 Å². The Labute approximate surface area is 215 Å². The average Bonchev–Trinajstić information content (AvgIpc) is 2.90. The molecule has 2 aromatic heterocycles. The first-order valence-electron chi connectivity index (χ1n) is 12.3. The van der Waals surface area contributed by atoms with E-state index < -0.39 is 41.5 Å². The standard InChI is InChI=1S/C27H29BF2N3O4/c1-4-23-27(36,5-2)22(34)13-21(37-23)15-11-12-31-14-20(15)33-26(35)19-10-9-18(30)25(32-19)24-16(28-3)7-6-8-17(24)29/h6-12,14,21-23,34,36H,4-5,13H2,1-3H3,(H,33,35). The molecular formula is C27H29BF2N3O4. The molecule has 1 radical (unpaired) electrons. The molecule has 1 fully saturated rings. The highest BCUT2D eigenvalue weighted by molar-refractivity contribution is 6.54. The van der Waals surface area contributed by atoms with Gasteiger partial charge in [0.05, 0.1) is 30.2 Å². The van der Waals surface area contributed by atoms with Crippen LogP contribution < -0.4 is 10.8 Å². The number of rotatable bonds is 7. The third-order valence-corrected chi connectivity index (χ3v) is 6.96. The molecule has 3 N–H and O–H groups in total. The second-order valence-corrected chi connectivity index (χ2v) is 9.05. The van der Waals surface area contributed by atoms with Crippen LogP contribution in [0.4, 0.5) is 14.5 Å². The highest BCUT2D eigenvalue weighted by Crippen LogP contribution is 2.41. The molecule has 4 rings (SSSR count). The highest BCUT2D eigenvalue weighted by atomic mass is 19.1. The fraction of sp³-hybridized carbons (Fsp3) is 0.370. The Bertz CT molecular complexity index is 1290. The molecule has 4 atom stereocenters. The third kappa shape index (κ3) is 5.14. The number of benzene rings is 1. The van der Waals surface area contributed by atoms with Crippen molar-refractivity contribution in [1.82, 2.24) is 9.97 Å². The van der Waals surface area contributed by atoms with Gasteiger partial charge in [0.15, 0.2) is 0 Å². The van der Waals surface area contributed by atoms with Crippen molar-refractivity contribution < 1.29 is 28.5 Å². The monoisotopic (exact) mass is 508 g/mol. The molecule has 37 heavy (non-hydrogen) atoms. The maximum atomic E-state index is 14.7. The third-order valence-electron chi connectivity index (χ3n) is 6.96. The maximum Gasteiger partial charge on any atom is 0.274 e. The summed E-state index contributed by atoms with van der Waals surface area (Å²) in [5.41, 5.74) is -0.443. The molecule has 0 bridgehead atoms. The molecule has 1 aliphatic heterocycles. The number of nitrogens with one attached hydrogen (secondary N) is 1. The highest BCUT2D eigenvalue weighted by Gasteiger charge is 2.48. The van der Waals surface area contributed by atoms with E-state index in [0.717, 1.165) is 6.07 Å². The van der Waals surface area contributed by atoms with Crippen LogP contribution in [0.15, 0.2) is 48.8 Å². The summed E-state index contributed by atoms with van der Waals surface area (Å²) in [7, 11) is 1.63. The lowest BCUT2D eigenvalue weighted by molar-refractivity contribution is -0.231. The Balaban J connectivity index is 1.64. The normalized spacial score (nSPS) is 23.5. The van der Waals surface area contributed by atoms with Crippen LogP contribution in [0, 0.1) is 11.6 Å². The number of hydrogen-bond donors (Lipinski definition) is 3. The Kier molecular flexibility index (Phi) is 8.01. The average molecular weight is 508 g/mol. The van der Waals surface area contributed by atoms with Crippen molar-refractivity contribution in [3.05, 3.63) is 71.7 Å². The number of hydrogen-bond acceptors (Lipinski definition) is 6. The molecule has 1 aliphatic rings. The number of anilines is 1. The lowest BCUT2D eigenvalue weighted by Crippen LogP contribution is -2.56. The molecule has 4 unspecified atom stereocenters. The Hall–Kier alpha value is -3.21. The number of halogens is 2. The Morgan fingerprint density at radius 1 is 1.22 bits per heavy atom. The topological polar surface area (TPSA) is 105 Å². The summed E-state index contributed by atoms with van der Waals surface area (Å²) in [6.45, 7) is 5.36. The first kappa shape index (κ1) is 26.8. The Morgan fingerprint density at radius 2 is 2.00 bits per heavy atom. The second-order valence-electron chi connectivity index (χ2n) is 9.05. The van der Waals surface area contributed by atoms with E-state index in [1.165, 1.54) is 30.6 Å². The van der Waals surface area contributed by atoms with E-state index in [-0.39, 0.29) is 23.4 Å². The van der Waals surface area contributed by atoms with Gasteiger partial charge in [0.2, 0.25) is 0 Å². The molecule has 0 spiro atoms. The quantitative estimate of drug-likeness (QED) is 0.420.